The molecule has 0 amide bonds. The average molecular weight is 681 g/mol. The van der Waals surface area contributed by atoms with E-state index in [0.29, 0.717) is 0 Å². The van der Waals surface area contributed by atoms with Crippen LogP contribution in [-0.4, -0.2) is 0 Å². The minimum atomic E-state index is 1.23. The zero-order chi connectivity index (χ0) is 35.3. The molecule has 0 N–H and O–H groups in total. The van der Waals surface area contributed by atoms with E-state index in [9.17, 15) is 0 Å². The summed E-state index contributed by atoms with van der Waals surface area (Å²) in [4.78, 5) is 0. The molecule has 0 bridgehead atoms. The van der Waals surface area contributed by atoms with E-state index in [4.69, 9.17) is 0 Å². The Bertz CT molecular complexity index is 3310. The molecule has 0 aliphatic carbocycles. The Labute approximate surface area is 312 Å². The van der Waals surface area contributed by atoms with Crippen molar-refractivity contribution >= 4 is 97.0 Å². The normalized spacial score (nSPS) is 12.1. The Balaban J connectivity index is 1.14. The minimum absolute atomic E-state index is 1.23. The molecule has 0 aromatic heterocycles. The highest BCUT2D eigenvalue weighted by Crippen LogP contribution is 2.46. The second-order valence-electron chi connectivity index (χ2n) is 14.9. The molecule has 0 heteroatoms. The van der Waals surface area contributed by atoms with Crippen molar-refractivity contribution in [3.63, 3.8) is 0 Å². The van der Waals surface area contributed by atoms with Crippen LogP contribution in [-0.2, 0) is 0 Å². The highest BCUT2D eigenvalue weighted by atomic mass is 14.2. The Morgan fingerprint density at radius 1 is 0.167 bits per heavy atom. The molecule has 0 spiro atoms. The summed E-state index contributed by atoms with van der Waals surface area (Å²) in [6.45, 7) is 0. The van der Waals surface area contributed by atoms with Crippen molar-refractivity contribution in [2.24, 2.45) is 0 Å². The van der Waals surface area contributed by atoms with Crippen LogP contribution in [0.3, 0.4) is 0 Å². The van der Waals surface area contributed by atoms with Crippen LogP contribution in [0.4, 0.5) is 0 Å². The molecule has 0 heterocycles. The first kappa shape index (κ1) is 29.5. The van der Waals surface area contributed by atoms with Crippen molar-refractivity contribution in [3.05, 3.63) is 194 Å². The summed E-state index contributed by atoms with van der Waals surface area (Å²) in [5.74, 6) is 0. The standard InChI is InChI=1S/C54H32/c1-3-11-35-27-43-29-37(17-19-39(43)25-33(35)9-1)41-21-23-47-45-13-5-8-16-50(45)54-52-32-42(22-24-48(52)46-14-6-7-15-49(46)53(54)51(47)31-41)38-18-20-40-26-34-10-2-4-12-36(34)28-44(40)30-38/h1-32H. The summed E-state index contributed by atoms with van der Waals surface area (Å²) in [6, 6.07) is 72.6. The maximum absolute atomic E-state index is 2.45. The van der Waals surface area contributed by atoms with E-state index in [2.05, 4.69) is 194 Å². The predicted molar refractivity (Wildman–Crippen MR) is 235 cm³/mol. The summed E-state index contributed by atoms with van der Waals surface area (Å²) < 4.78 is 0. The van der Waals surface area contributed by atoms with Crippen molar-refractivity contribution in [3.8, 4) is 22.3 Å². The maximum atomic E-state index is 2.45. The molecule has 0 atom stereocenters. The van der Waals surface area contributed by atoms with Crippen LogP contribution in [0.2, 0.25) is 0 Å². The van der Waals surface area contributed by atoms with Gasteiger partial charge in [-0.1, -0.05) is 146 Å². The molecule has 0 nitrogen and oxygen atoms in total. The smallest absolute Gasteiger partial charge is 0.00137 e. The summed E-state index contributed by atoms with van der Waals surface area (Å²) in [5.41, 5.74) is 4.93. The SMILES string of the molecule is c1ccc2cc3cc(-c4ccc5c6ccccc6c6c7cc(-c8ccc9cc%10ccccc%10cc9c8)ccc7c7ccccc7c6c5c4)ccc3cc2c1. The molecule has 12 aromatic carbocycles. The van der Waals surface area contributed by atoms with Crippen LogP contribution < -0.4 is 0 Å². The molecule has 12 rings (SSSR count). The van der Waals surface area contributed by atoms with Crippen molar-refractivity contribution in [1.82, 2.24) is 0 Å². The predicted octanol–water partition coefficient (Wildman–Crippen LogP) is 15.4. The third-order valence-electron chi connectivity index (χ3n) is 11.9. The van der Waals surface area contributed by atoms with Crippen molar-refractivity contribution in [2.75, 3.05) is 0 Å². The second-order valence-corrected chi connectivity index (χ2v) is 14.9. The van der Waals surface area contributed by atoms with Gasteiger partial charge in [-0.25, -0.2) is 0 Å². The largest absolute Gasteiger partial charge is 0.0616 e. The van der Waals surface area contributed by atoms with Gasteiger partial charge in [0, 0.05) is 0 Å². The van der Waals surface area contributed by atoms with Crippen LogP contribution in [0.1, 0.15) is 0 Å². The zero-order valence-electron chi connectivity index (χ0n) is 29.5. The first-order valence-corrected chi connectivity index (χ1v) is 18.8. The molecule has 0 radical (unpaired) electrons. The minimum Gasteiger partial charge on any atom is -0.0616 e. The summed E-state index contributed by atoms with van der Waals surface area (Å²) in [7, 11) is 0. The van der Waals surface area contributed by atoms with E-state index >= 15 is 0 Å². The quantitative estimate of drug-likeness (QED) is 0.126. The lowest BCUT2D eigenvalue weighted by Crippen LogP contribution is -1.90. The molecule has 0 saturated carbocycles. The van der Waals surface area contributed by atoms with Gasteiger partial charge in [-0.3, -0.25) is 0 Å². The van der Waals surface area contributed by atoms with Crippen LogP contribution in [0.5, 0.6) is 0 Å². The van der Waals surface area contributed by atoms with Gasteiger partial charge >= 0.3 is 0 Å². The number of hydrogen-bond acceptors (Lipinski definition) is 0. The van der Waals surface area contributed by atoms with Gasteiger partial charge in [-0.2, -0.15) is 0 Å². The Hall–Kier alpha value is -7.02. The lowest BCUT2D eigenvalue weighted by molar-refractivity contribution is 1.69. The lowest BCUT2D eigenvalue weighted by Gasteiger charge is -2.18. The second kappa shape index (κ2) is 11.2. The van der Waals surface area contributed by atoms with E-state index in [1.165, 1.54) is 119 Å². The Morgan fingerprint density at radius 2 is 0.463 bits per heavy atom. The molecule has 248 valence electrons. The van der Waals surface area contributed by atoms with E-state index < -0.39 is 0 Å². The molecular formula is C54H32. The van der Waals surface area contributed by atoms with Crippen LogP contribution in [0.15, 0.2) is 194 Å². The fourth-order valence-electron chi connectivity index (χ4n) is 9.27. The van der Waals surface area contributed by atoms with Gasteiger partial charge in [0.1, 0.15) is 0 Å². The van der Waals surface area contributed by atoms with Gasteiger partial charge < -0.3 is 0 Å². The molecule has 0 aliphatic rings. The van der Waals surface area contributed by atoms with Crippen LogP contribution in [0.25, 0.3) is 119 Å². The van der Waals surface area contributed by atoms with Crippen molar-refractivity contribution in [2.45, 2.75) is 0 Å². The highest BCUT2D eigenvalue weighted by molar-refractivity contribution is 6.39. The summed E-state index contributed by atoms with van der Waals surface area (Å²) >= 11 is 0. The number of fused-ring (bicyclic) bond motifs is 15. The van der Waals surface area contributed by atoms with Gasteiger partial charge in [0.2, 0.25) is 0 Å². The van der Waals surface area contributed by atoms with Crippen LogP contribution >= 0.6 is 0 Å². The number of benzene rings is 12. The maximum Gasteiger partial charge on any atom is -0.00137 e. The van der Waals surface area contributed by atoms with Gasteiger partial charge in [0.25, 0.3) is 0 Å². The molecule has 0 unspecified atom stereocenters. The average Bonchev–Trinajstić information content (AvgIpc) is 3.24. The summed E-state index contributed by atoms with van der Waals surface area (Å²) in [6.07, 6.45) is 0. The molecular weight excluding hydrogens is 649 g/mol. The number of rotatable bonds is 2. The van der Waals surface area contributed by atoms with E-state index in [1.807, 2.05) is 0 Å². The topological polar surface area (TPSA) is 0 Å². The van der Waals surface area contributed by atoms with E-state index in [-0.39, 0.29) is 0 Å². The fraction of sp³-hybridized carbons (Fsp3) is 0. The van der Waals surface area contributed by atoms with Crippen molar-refractivity contribution in [1.29, 1.82) is 0 Å². The lowest BCUT2D eigenvalue weighted by atomic mass is 9.85. The van der Waals surface area contributed by atoms with Gasteiger partial charge in [0.05, 0.1) is 0 Å². The molecule has 54 heavy (non-hydrogen) atoms. The number of hydrogen-bond donors (Lipinski definition) is 0. The van der Waals surface area contributed by atoms with Crippen LogP contribution in [0, 0.1) is 0 Å². The first-order chi connectivity index (χ1) is 26.7. The molecule has 0 aliphatic heterocycles. The third-order valence-corrected chi connectivity index (χ3v) is 11.9. The zero-order valence-corrected chi connectivity index (χ0v) is 29.5. The molecule has 0 saturated heterocycles. The van der Waals surface area contributed by atoms with Gasteiger partial charge in [0.15, 0.2) is 0 Å². The Kier molecular flexibility index (Phi) is 6.15. The van der Waals surface area contributed by atoms with E-state index in [1.54, 1.807) is 0 Å². The third kappa shape index (κ3) is 4.38. The van der Waals surface area contributed by atoms with Gasteiger partial charge in [-0.15, -0.1) is 0 Å². The highest BCUT2D eigenvalue weighted by Gasteiger charge is 2.17. The van der Waals surface area contributed by atoms with Gasteiger partial charge in [-0.05, 0) is 168 Å². The van der Waals surface area contributed by atoms with Crippen molar-refractivity contribution < 1.29 is 0 Å². The van der Waals surface area contributed by atoms with E-state index in [0.717, 1.165) is 0 Å². The monoisotopic (exact) mass is 680 g/mol. The Morgan fingerprint density at radius 3 is 0.889 bits per heavy atom. The summed E-state index contributed by atoms with van der Waals surface area (Å²) in [5, 5.41) is 23.1. The first-order valence-electron chi connectivity index (χ1n) is 18.8. The molecule has 0 fully saturated rings. The fourth-order valence-corrected chi connectivity index (χ4v) is 9.27. The molecule has 12 aromatic rings.